The van der Waals surface area contributed by atoms with Gasteiger partial charge in [0.05, 0.1) is 12.3 Å². The largest absolute Gasteiger partial charge is 0.444 e. The number of aliphatic hydroxyl groups excluding tert-OH is 1. The lowest BCUT2D eigenvalue weighted by molar-refractivity contribution is 0.114. The molecule has 0 spiro atoms. The number of oxazole rings is 1. The quantitative estimate of drug-likeness (QED) is 0.820. The molecule has 0 unspecified atom stereocenters. The first-order valence-electron chi connectivity index (χ1n) is 5.97. The zero-order valence-corrected chi connectivity index (χ0v) is 10.9. The van der Waals surface area contributed by atoms with Crippen LogP contribution in [0.15, 0.2) is 10.7 Å². The third-order valence-electron chi connectivity index (χ3n) is 2.75. The molecule has 0 amide bonds. The lowest BCUT2D eigenvalue weighted by atomic mass is 10.0. The Kier molecular flexibility index (Phi) is 5.68. The van der Waals surface area contributed by atoms with Crippen LogP contribution >= 0.6 is 0 Å². The minimum atomic E-state index is -2.69. The average molecular weight is 262 g/mol. The summed E-state index contributed by atoms with van der Waals surface area (Å²) in [6.45, 7) is 4.56. The molecule has 0 saturated carbocycles. The molecule has 6 heteroatoms. The van der Waals surface area contributed by atoms with Crippen LogP contribution in [0.2, 0.25) is 0 Å². The second-order valence-electron chi connectivity index (χ2n) is 4.86. The summed E-state index contributed by atoms with van der Waals surface area (Å²) in [6, 6.07) is -0.00306. The summed E-state index contributed by atoms with van der Waals surface area (Å²) >= 11 is 0. The fraction of sp³-hybridized carbons (Fsp3) is 0.750. The third kappa shape index (κ3) is 4.34. The molecule has 18 heavy (non-hydrogen) atoms. The van der Waals surface area contributed by atoms with Crippen LogP contribution in [0.5, 0.6) is 0 Å². The van der Waals surface area contributed by atoms with Crippen molar-refractivity contribution in [2.45, 2.75) is 39.3 Å². The first kappa shape index (κ1) is 15.0. The molecule has 1 rings (SSSR count). The van der Waals surface area contributed by atoms with E-state index in [2.05, 4.69) is 23.2 Å². The van der Waals surface area contributed by atoms with E-state index in [0.717, 1.165) is 6.42 Å². The van der Waals surface area contributed by atoms with Crippen LogP contribution in [0.4, 0.5) is 8.78 Å². The van der Waals surface area contributed by atoms with E-state index in [1.807, 2.05) is 11.9 Å². The van der Waals surface area contributed by atoms with Crippen LogP contribution in [0, 0.1) is 5.92 Å². The number of hydrogen-bond donors (Lipinski definition) is 1. The van der Waals surface area contributed by atoms with Gasteiger partial charge in [0.25, 0.3) is 5.89 Å². The maximum atomic E-state index is 12.3. The molecule has 0 saturated heterocycles. The van der Waals surface area contributed by atoms with Gasteiger partial charge in [-0.3, -0.25) is 4.90 Å². The summed E-state index contributed by atoms with van der Waals surface area (Å²) in [4.78, 5) is 5.60. The number of hydrogen-bond acceptors (Lipinski definition) is 4. The van der Waals surface area contributed by atoms with Crippen molar-refractivity contribution in [3.63, 3.8) is 0 Å². The number of nitrogens with zero attached hydrogens (tertiary/aromatic N) is 2. The Labute approximate surface area is 106 Å². The Morgan fingerprint density at radius 3 is 2.56 bits per heavy atom. The van der Waals surface area contributed by atoms with Crippen LogP contribution in [0.3, 0.4) is 0 Å². The molecule has 0 bridgehead atoms. The maximum Gasteiger partial charge on any atom is 0.313 e. The maximum absolute atomic E-state index is 12.3. The van der Waals surface area contributed by atoms with E-state index >= 15 is 0 Å². The molecule has 1 atom stereocenters. The molecular formula is C12H20F2N2O2. The predicted octanol–water partition coefficient (Wildman–Crippen LogP) is 2.45. The molecule has 0 aliphatic rings. The van der Waals surface area contributed by atoms with Crippen LogP contribution in [0.1, 0.15) is 38.3 Å². The predicted molar refractivity (Wildman–Crippen MR) is 63.3 cm³/mol. The van der Waals surface area contributed by atoms with Crippen molar-refractivity contribution in [2.24, 2.45) is 5.92 Å². The van der Waals surface area contributed by atoms with Gasteiger partial charge in [0.2, 0.25) is 0 Å². The number of aliphatic hydroxyl groups is 1. The topological polar surface area (TPSA) is 49.5 Å². The van der Waals surface area contributed by atoms with Gasteiger partial charge in [-0.05, 0) is 19.4 Å². The van der Waals surface area contributed by atoms with Crippen molar-refractivity contribution in [3.05, 3.63) is 17.8 Å². The molecule has 0 fully saturated rings. The second-order valence-corrected chi connectivity index (χ2v) is 4.86. The minimum absolute atomic E-state index is 0.00306. The van der Waals surface area contributed by atoms with Crippen LogP contribution in [-0.2, 0) is 6.54 Å². The Balaban J connectivity index is 2.58. The Morgan fingerprint density at radius 1 is 1.44 bits per heavy atom. The van der Waals surface area contributed by atoms with Crippen molar-refractivity contribution in [2.75, 3.05) is 13.7 Å². The summed E-state index contributed by atoms with van der Waals surface area (Å²) in [5, 5.41) is 9.31. The summed E-state index contributed by atoms with van der Waals surface area (Å²) in [5.74, 6) is -0.0960. The number of rotatable bonds is 7. The SMILES string of the molecule is CC(C)C[C@@H](CO)N(C)Cc1coc(C(F)F)n1. The number of aromatic nitrogens is 1. The zero-order valence-electron chi connectivity index (χ0n) is 10.9. The zero-order chi connectivity index (χ0) is 13.7. The van der Waals surface area contributed by atoms with E-state index in [0.29, 0.717) is 18.2 Å². The van der Waals surface area contributed by atoms with E-state index in [4.69, 9.17) is 0 Å². The molecular weight excluding hydrogens is 242 g/mol. The van der Waals surface area contributed by atoms with Gasteiger partial charge in [-0.2, -0.15) is 8.78 Å². The smallest absolute Gasteiger partial charge is 0.313 e. The van der Waals surface area contributed by atoms with Crippen molar-refractivity contribution < 1.29 is 18.3 Å². The van der Waals surface area contributed by atoms with Crippen molar-refractivity contribution in [1.29, 1.82) is 0 Å². The van der Waals surface area contributed by atoms with Gasteiger partial charge >= 0.3 is 6.43 Å². The van der Waals surface area contributed by atoms with Gasteiger partial charge in [0.15, 0.2) is 0 Å². The van der Waals surface area contributed by atoms with Gasteiger partial charge in [0, 0.05) is 12.6 Å². The standard InChI is InChI=1S/C12H20F2N2O2/c1-8(2)4-10(6-17)16(3)5-9-7-18-12(15-9)11(13)14/h7-8,10-11,17H,4-6H2,1-3H3/t10-/m0/s1. The minimum Gasteiger partial charge on any atom is -0.444 e. The fourth-order valence-electron chi connectivity index (χ4n) is 1.82. The molecule has 0 aliphatic heterocycles. The fourth-order valence-corrected chi connectivity index (χ4v) is 1.82. The monoisotopic (exact) mass is 262 g/mol. The second kappa shape index (κ2) is 6.80. The summed E-state index contributed by atoms with van der Waals surface area (Å²) < 4.78 is 29.3. The lowest BCUT2D eigenvalue weighted by Crippen LogP contribution is -2.35. The molecule has 1 heterocycles. The van der Waals surface area contributed by atoms with E-state index < -0.39 is 12.3 Å². The normalized spacial score (nSPS) is 13.8. The molecule has 104 valence electrons. The van der Waals surface area contributed by atoms with Crippen molar-refractivity contribution >= 4 is 0 Å². The van der Waals surface area contributed by atoms with Gasteiger partial charge in [-0.15, -0.1) is 0 Å². The van der Waals surface area contributed by atoms with Crippen LogP contribution in [0.25, 0.3) is 0 Å². The number of alkyl halides is 2. The first-order chi connectivity index (χ1) is 8.43. The van der Waals surface area contributed by atoms with Crippen LogP contribution < -0.4 is 0 Å². The Bertz CT molecular complexity index is 356. The van der Waals surface area contributed by atoms with E-state index in [9.17, 15) is 13.9 Å². The van der Waals surface area contributed by atoms with E-state index in [1.54, 1.807) is 0 Å². The number of likely N-dealkylation sites (N-methyl/N-ethyl adjacent to an activating group) is 1. The summed E-state index contributed by atoms with van der Waals surface area (Å²) in [6.07, 6.45) is -0.609. The average Bonchev–Trinajstić information content (AvgIpc) is 2.74. The number of halogens is 2. The van der Waals surface area contributed by atoms with Gasteiger partial charge < -0.3 is 9.52 Å². The van der Waals surface area contributed by atoms with Gasteiger partial charge in [0.1, 0.15) is 6.26 Å². The van der Waals surface area contributed by atoms with E-state index in [-0.39, 0.29) is 12.6 Å². The molecule has 4 nitrogen and oxygen atoms in total. The molecule has 0 aliphatic carbocycles. The third-order valence-corrected chi connectivity index (χ3v) is 2.75. The molecule has 1 N–H and O–H groups in total. The molecule has 1 aromatic rings. The summed E-state index contributed by atoms with van der Waals surface area (Å²) in [7, 11) is 1.83. The van der Waals surface area contributed by atoms with Crippen LogP contribution in [-0.4, -0.2) is 34.7 Å². The van der Waals surface area contributed by atoms with E-state index in [1.165, 1.54) is 6.26 Å². The lowest BCUT2D eigenvalue weighted by Gasteiger charge is -2.26. The summed E-state index contributed by atoms with van der Waals surface area (Å²) in [5.41, 5.74) is 0.454. The highest BCUT2D eigenvalue weighted by Crippen LogP contribution is 2.19. The Hall–Kier alpha value is -1.01. The molecule has 1 aromatic heterocycles. The van der Waals surface area contributed by atoms with Gasteiger partial charge in [-0.1, -0.05) is 13.8 Å². The highest BCUT2D eigenvalue weighted by atomic mass is 19.3. The highest BCUT2D eigenvalue weighted by molar-refractivity contribution is 4.97. The van der Waals surface area contributed by atoms with Crippen molar-refractivity contribution in [1.82, 2.24) is 9.88 Å². The first-order valence-corrected chi connectivity index (χ1v) is 5.97. The Morgan fingerprint density at radius 2 is 2.11 bits per heavy atom. The van der Waals surface area contributed by atoms with Gasteiger partial charge in [-0.25, -0.2) is 4.98 Å². The highest BCUT2D eigenvalue weighted by Gasteiger charge is 2.19. The molecule has 0 radical (unpaired) electrons. The van der Waals surface area contributed by atoms with Crippen molar-refractivity contribution in [3.8, 4) is 0 Å². The molecule has 0 aromatic carbocycles.